The number of nitriles is 2. The molecule has 0 bridgehead atoms. The molecule has 0 aromatic heterocycles. The topological polar surface area (TPSA) is 47.6 Å². The minimum atomic E-state index is -0.192. The Labute approximate surface area is 85.5 Å². The minimum absolute atomic E-state index is 0.192. The maximum atomic E-state index is 8.72. The van der Waals surface area contributed by atoms with Crippen molar-refractivity contribution >= 4 is 15.9 Å². The first-order valence-electron chi connectivity index (χ1n) is 3.78. The molecule has 0 aliphatic rings. The standard InChI is InChI=1S/C10H7BrN2/c1-7(5-12)9-4-8(6-13)2-3-10(9)11/h2-4,7H,1H3. The quantitative estimate of drug-likeness (QED) is 0.751. The van der Waals surface area contributed by atoms with Crippen molar-refractivity contribution in [1.29, 1.82) is 10.5 Å². The maximum Gasteiger partial charge on any atom is 0.0991 e. The normalized spacial score (nSPS) is 11.4. The predicted molar refractivity (Wildman–Crippen MR) is 52.9 cm³/mol. The molecule has 0 saturated heterocycles. The summed E-state index contributed by atoms with van der Waals surface area (Å²) in [5.74, 6) is -0.192. The summed E-state index contributed by atoms with van der Waals surface area (Å²) in [6.45, 7) is 1.81. The molecule has 0 N–H and O–H groups in total. The molecule has 0 fully saturated rings. The Morgan fingerprint density at radius 3 is 2.62 bits per heavy atom. The maximum absolute atomic E-state index is 8.72. The highest BCUT2D eigenvalue weighted by Gasteiger charge is 2.08. The van der Waals surface area contributed by atoms with Gasteiger partial charge in [0.25, 0.3) is 0 Å². The Morgan fingerprint density at radius 2 is 2.08 bits per heavy atom. The fraction of sp³-hybridized carbons (Fsp3) is 0.200. The third kappa shape index (κ3) is 2.08. The van der Waals surface area contributed by atoms with Crippen LogP contribution in [0.25, 0.3) is 0 Å². The van der Waals surface area contributed by atoms with Gasteiger partial charge in [-0.2, -0.15) is 10.5 Å². The van der Waals surface area contributed by atoms with Crippen LogP contribution in [0.3, 0.4) is 0 Å². The van der Waals surface area contributed by atoms with Gasteiger partial charge in [0.2, 0.25) is 0 Å². The van der Waals surface area contributed by atoms with Crippen LogP contribution >= 0.6 is 15.9 Å². The third-order valence-electron chi connectivity index (χ3n) is 1.79. The molecule has 64 valence electrons. The van der Waals surface area contributed by atoms with Crippen molar-refractivity contribution in [2.24, 2.45) is 0 Å². The molecule has 0 spiro atoms. The van der Waals surface area contributed by atoms with Crippen molar-refractivity contribution in [3.8, 4) is 12.1 Å². The summed E-state index contributed by atoms with van der Waals surface area (Å²) in [6, 6.07) is 9.42. The fourth-order valence-corrected chi connectivity index (χ4v) is 1.60. The Hall–Kier alpha value is -1.32. The zero-order valence-corrected chi connectivity index (χ0v) is 8.67. The van der Waals surface area contributed by atoms with Gasteiger partial charge in [-0.25, -0.2) is 0 Å². The van der Waals surface area contributed by atoms with E-state index in [1.165, 1.54) is 0 Å². The van der Waals surface area contributed by atoms with E-state index in [4.69, 9.17) is 10.5 Å². The Morgan fingerprint density at radius 1 is 1.38 bits per heavy atom. The van der Waals surface area contributed by atoms with Crippen molar-refractivity contribution in [2.75, 3.05) is 0 Å². The van der Waals surface area contributed by atoms with E-state index in [2.05, 4.69) is 22.0 Å². The first-order chi connectivity index (χ1) is 6.19. The molecule has 0 aliphatic carbocycles. The highest BCUT2D eigenvalue weighted by molar-refractivity contribution is 9.10. The van der Waals surface area contributed by atoms with Crippen molar-refractivity contribution in [1.82, 2.24) is 0 Å². The van der Waals surface area contributed by atoms with Crippen LogP contribution in [0.1, 0.15) is 24.0 Å². The molecule has 0 heterocycles. The smallest absolute Gasteiger partial charge is 0.0991 e. The first kappa shape index (κ1) is 9.77. The van der Waals surface area contributed by atoms with Gasteiger partial charge in [0.05, 0.1) is 23.6 Å². The van der Waals surface area contributed by atoms with Crippen LogP contribution < -0.4 is 0 Å². The van der Waals surface area contributed by atoms with Crippen molar-refractivity contribution in [2.45, 2.75) is 12.8 Å². The van der Waals surface area contributed by atoms with Crippen LogP contribution in [0.2, 0.25) is 0 Å². The molecular formula is C10H7BrN2. The lowest BCUT2D eigenvalue weighted by molar-refractivity contribution is 0.973. The van der Waals surface area contributed by atoms with E-state index >= 15 is 0 Å². The van der Waals surface area contributed by atoms with E-state index in [1.54, 1.807) is 25.1 Å². The van der Waals surface area contributed by atoms with Crippen LogP contribution in [-0.2, 0) is 0 Å². The molecule has 1 unspecified atom stereocenters. The largest absolute Gasteiger partial charge is 0.198 e. The lowest BCUT2D eigenvalue weighted by atomic mass is 10.0. The number of benzene rings is 1. The Bertz CT molecular complexity index is 398. The molecule has 1 rings (SSSR count). The number of nitrogens with zero attached hydrogens (tertiary/aromatic N) is 2. The van der Waals surface area contributed by atoms with Crippen molar-refractivity contribution < 1.29 is 0 Å². The molecule has 0 aliphatic heterocycles. The monoisotopic (exact) mass is 234 g/mol. The number of hydrogen-bond acceptors (Lipinski definition) is 2. The Balaban J connectivity index is 3.22. The second kappa shape index (κ2) is 4.07. The lowest BCUT2D eigenvalue weighted by Crippen LogP contribution is -1.91. The second-order valence-corrected chi connectivity index (χ2v) is 3.55. The molecule has 2 nitrogen and oxygen atoms in total. The first-order valence-corrected chi connectivity index (χ1v) is 4.57. The van der Waals surface area contributed by atoms with E-state index in [9.17, 15) is 0 Å². The number of hydrogen-bond donors (Lipinski definition) is 0. The predicted octanol–water partition coefficient (Wildman–Crippen LogP) is 2.95. The van der Waals surface area contributed by atoms with Crippen molar-refractivity contribution in [3.63, 3.8) is 0 Å². The fourth-order valence-electron chi connectivity index (χ4n) is 1.01. The molecule has 0 radical (unpaired) electrons. The molecule has 0 amide bonds. The van der Waals surface area contributed by atoms with Gasteiger partial charge in [-0.1, -0.05) is 15.9 Å². The Kier molecular flexibility index (Phi) is 3.06. The van der Waals surface area contributed by atoms with E-state index in [0.717, 1.165) is 10.0 Å². The van der Waals surface area contributed by atoms with Gasteiger partial charge in [0.1, 0.15) is 0 Å². The van der Waals surface area contributed by atoms with E-state index in [-0.39, 0.29) is 5.92 Å². The van der Waals surface area contributed by atoms with Gasteiger partial charge >= 0.3 is 0 Å². The third-order valence-corrected chi connectivity index (χ3v) is 2.51. The van der Waals surface area contributed by atoms with Crippen LogP contribution in [0.5, 0.6) is 0 Å². The molecule has 1 atom stereocenters. The van der Waals surface area contributed by atoms with Gasteiger partial charge in [-0.3, -0.25) is 0 Å². The van der Waals surface area contributed by atoms with Gasteiger partial charge in [0.15, 0.2) is 0 Å². The lowest BCUT2D eigenvalue weighted by Gasteiger charge is -2.05. The summed E-state index contributed by atoms with van der Waals surface area (Å²) in [7, 11) is 0. The molecular weight excluding hydrogens is 228 g/mol. The van der Waals surface area contributed by atoms with Crippen LogP contribution in [0.4, 0.5) is 0 Å². The summed E-state index contributed by atoms with van der Waals surface area (Å²) >= 11 is 3.34. The molecule has 0 saturated carbocycles. The van der Waals surface area contributed by atoms with Gasteiger partial charge in [0, 0.05) is 4.47 Å². The van der Waals surface area contributed by atoms with E-state index in [0.29, 0.717) is 5.56 Å². The van der Waals surface area contributed by atoms with Crippen LogP contribution in [0, 0.1) is 22.7 Å². The average molecular weight is 235 g/mol. The second-order valence-electron chi connectivity index (χ2n) is 2.70. The van der Waals surface area contributed by atoms with Crippen LogP contribution in [0.15, 0.2) is 22.7 Å². The molecule has 1 aromatic carbocycles. The van der Waals surface area contributed by atoms with E-state index < -0.39 is 0 Å². The van der Waals surface area contributed by atoms with Crippen LogP contribution in [-0.4, -0.2) is 0 Å². The zero-order valence-electron chi connectivity index (χ0n) is 7.08. The van der Waals surface area contributed by atoms with E-state index in [1.807, 2.05) is 6.07 Å². The summed E-state index contributed by atoms with van der Waals surface area (Å²) in [5, 5.41) is 17.4. The highest BCUT2D eigenvalue weighted by Crippen LogP contribution is 2.25. The minimum Gasteiger partial charge on any atom is -0.198 e. The zero-order chi connectivity index (χ0) is 9.84. The molecule has 1 aromatic rings. The van der Waals surface area contributed by atoms with Gasteiger partial charge < -0.3 is 0 Å². The number of halogens is 1. The SMILES string of the molecule is CC(C#N)c1cc(C#N)ccc1Br. The van der Waals surface area contributed by atoms with Gasteiger partial charge in [-0.05, 0) is 30.7 Å². The summed E-state index contributed by atoms with van der Waals surface area (Å²) in [5.41, 5.74) is 1.45. The molecule has 13 heavy (non-hydrogen) atoms. The summed E-state index contributed by atoms with van der Waals surface area (Å²) in [4.78, 5) is 0. The van der Waals surface area contributed by atoms with Crippen molar-refractivity contribution in [3.05, 3.63) is 33.8 Å². The highest BCUT2D eigenvalue weighted by atomic mass is 79.9. The summed E-state index contributed by atoms with van der Waals surface area (Å²) < 4.78 is 0.876. The van der Waals surface area contributed by atoms with Gasteiger partial charge in [-0.15, -0.1) is 0 Å². The number of rotatable bonds is 1. The summed E-state index contributed by atoms with van der Waals surface area (Å²) in [6.07, 6.45) is 0. The molecule has 3 heteroatoms. The average Bonchev–Trinajstić information content (AvgIpc) is 2.17.